The molecule has 0 aliphatic rings. The van der Waals surface area contributed by atoms with E-state index in [1.165, 1.54) is 18.1 Å². The lowest BCUT2D eigenvalue weighted by molar-refractivity contribution is 0.327. The number of hydrogen-bond donors (Lipinski definition) is 1. The molecule has 100 valence electrons. The predicted molar refractivity (Wildman–Crippen MR) is 75.4 cm³/mol. The van der Waals surface area contributed by atoms with E-state index in [4.69, 9.17) is 10.5 Å². The lowest BCUT2D eigenvalue weighted by atomic mass is 10.3. The summed E-state index contributed by atoms with van der Waals surface area (Å²) in [6.45, 7) is 6.41. The van der Waals surface area contributed by atoms with Gasteiger partial charge in [0.25, 0.3) is 0 Å². The van der Waals surface area contributed by atoms with Crippen molar-refractivity contribution in [3.8, 4) is 5.88 Å². The number of pyridine rings is 1. The van der Waals surface area contributed by atoms with E-state index in [1.54, 1.807) is 0 Å². The molecule has 0 bridgehead atoms. The molecule has 0 aliphatic heterocycles. The first-order chi connectivity index (χ1) is 9.10. The van der Waals surface area contributed by atoms with Crippen molar-refractivity contribution in [3.63, 3.8) is 0 Å². The maximum absolute atomic E-state index is 5.99. The van der Waals surface area contributed by atoms with Crippen LogP contribution in [0.3, 0.4) is 0 Å². The van der Waals surface area contributed by atoms with E-state index >= 15 is 0 Å². The van der Waals surface area contributed by atoms with E-state index in [2.05, 4.69) is 15.0 Å². The van der Waals surface area contributed by atoms with Crippen molar-refractivity contribution in [2.24, 2.45) is 0 Å². The van der Waals surface area contributed by atoms with Gasteiger partial charge >= 0.3 is 0 Å². The Morgan fingerprint density at radius 3 is 2.74 bits per heavy atom. The number of nitrogens with two attached hydrogens (primary N) is 1. The van der Waals surface area contributed by atoms with E-state index in [1.807, 2.05) is 32.9 Å². The fraction of sp³-hybridized carbons (Fsp3) is 0.308. The normalized spacial score (nSPS) is 10.5. The summed E-state index contributed by atoms with van der Waals surface area (Å²) in [5, 5.41) is 1.53. The van der Waals surface area contributed by atoms with Gasteiger partial charge in [0.1, 0.15) is 22.1 Å². The molecule has 2 rings (SSSR count). The molecule has 2 aromatic heterocycles. The summed E-state index contributed by atoms with van der Waals surface area (Å²) >= 11 is 1.42. The Labute approximate surface area is 116 Å². The molecule has 0 atom stereocenters. The fourth-order valence-electron chi connectivity index (χ4n) is 1.65. The molecule has 2 N–H and O–H groups in total. The number of aryl methyl sites for hydroxylation is 2. The topological polar surface area (TPSA) is 73.9 Å². The van der Waals surface area contributed by atoms with Crippen molar-refractivity contribution >= 4 is 17.4 Å². The maximum atomic E-state index is 5.99. The minimum atomic E-state index is 0.421. The second kappa shape index (κ2) is 5.88. The third kappa shape index (κ3) is 3.35. The summed E-state index contributed by atoms with van der Waals surface area (Å²) in [4.78, 5) is 12.6. The van der Waals surface area contributed by atoms with Crippen molar-refractivity contribution in [1.82, 2.24) is 15.0 Å². The highest BCUT2D eigenvalue weighted by molar-refractivity contribution is 7.99. The number of anilines is 1. The zero-order valence-corrected chi connectivity index (χ0v) is 12.0. The highest BCUT2D eigenvalue weighted by Gasteiger charge is 2.11. The number of nitrogen functional groups attached to an aromatic ring is 1. The Morgan fingerprint density at radius 1 is 1.26 bits per heavy atom. The van der Waals surface area contributed by atoms with Gasteiger partial charge in [0.15, 0.2) is 0 Å². The highest BCUT2D eigenvalue weighted by atomic mass is 32.2. The number of rotatable bonds is 4. The first kappa shape index (κ1) is 13.6. The highest BCUT2D eigenvalue weighted by Crippen LogP contribution is 2.33. The molecule has 0 saturated carbocycles. The molecule has 0 radical (unpaired) electrons. The van der Waals surface area contributed by atoms with Gasteiger partial charge < -0.3 is 10.5 Å². The van der Waals surface area contributed by atoms with E-state index in [0.717, 1.165) is 16.3 Å². The Hall–Kier alpha value is -1.82. The van der Waals surface area contributed by atoms with E-state index in [9.17, 15) is 0 Å². The van der Waals surface area contributed by atoms with E-state index in [-0.39, 0.29) is 0 Å². The SMILES string of the molecule is CCOc1ncnc(Sc2cc(C)cc(C)n2)c1N. The second-order valence-corrected chi connectivity index (χ2v) is 5.07. The second-order valence-electron chi connectivity index (χ2n) is 4.06. The standard InChI is InChI=1S/C13H16N4OS/c1-4-18-12-11(14)13(16-7-15-12)19-10-6-8(2)5-9(3)17-10/h5-7H,4,14H2,1-3H3. The molecule has 0 amide bonds. The van der Waals surface area contributed by atoms with Gasteiger partial charge in [0.2, 0.25) is 5.88 Å². The van der Waals surface area contributed by atoms with Crippen LogP contribution in [0.5, 0.6) is 5.88 Å². The lowest BCUT2D eigenvalue weighted by Crippen LogP contribution is -2.02. The van der Waals surface area contributed by atoms with Gasteiger partial charge in [-0.25, -0.2) is 9.97 Å². The quantitative estimate of drug-likeness (QED) is 0.865. The number of hydrogen-bond acceptors (Lipinski definition) is 6. The monoisotopic (exact) mass is 276 g/mol. The van der Waals surface area contributed by atoms with E-state index in [0.29, 0.717) is 23.2 Å². The molecule has 19 heavy (non-hydrogen) atoms. The van der Waals surface area contributed by atoms with Crippen LogP contribution in [0.1, 0.15) is 18.2 Å². The summed E-state index contributed by atoms with van der Waals surface area (Å²) < 4.78 is 5.35. The Kier molecular flexibility index (Phi) is 4.21. The molecule has 5 nitrogen and oxygen atoms in total. The fourth-order valence-corrected chi connectivity index (χ4v) is 2.58. The molecule has 0 aromatic carbocycles. The first-order valence-electron chi connectivity index (χ1n) is 5.96. The van der Waals surface area contributed by atoms with Gasteiger partial charge in [-0.05, 0) is 50.2 Å². The van der Waals surface area contributed by atoms with Crippen LogP contribution in [0, 0.1) is 13.8 Å². The summed E-state index contributed by atoms with van der Waals surface area (Å²) in [6, 6.07) is 4.03. The van der Waals surface area contributed by atoms with Crippen molar-refractivity contribution < 1.29 is 4.74 Å². The third-order valence-corrected chi connectivity index (χ3v) is 3.30. The van der Waals surface area contributed by atoms with Crippen LogP contribution < -0.4 is 10.5 Å². The predicted octanol–water partition coefficient (Wildman–Crippen LogP) is 2.62. The average Bonchev–Trinajstić information content (AvgIpc) is 2.33. The first-order valence-corrected chi connectivity index (χ1v) is 6.78. The third-order valence-electron chi connectivity index (χ3n) is 2.37. The van der Waals surface area contributed by atoms with Crippen LogP contribution in [0.2, 0.25) is 0 Å². The van der Waals surface area contributed by atoms with Crippen LogP contribution in [0.25, 0.3) is 0 Å². The zero-order chi connectivity index (χ0) is 13.8. The van der Waals surface area contributed by atoms with Crippen molar-refractivity contribution in [3.05, 3.63) is 29.7 Å². The molecule has 0 fully saturated rings. The van der Waals surface area contributed by atoms with Crippen LogP contribution >= 0.6 is 11.8 Å². The Bertz CT molecular complexity index is 569. The van der Waals surface area contributed by atoms with Crippen LogP contribution in [0.15, 0.2) is 28.5 Å². The lowest BCUT2D eigenvalue weighted by Gasteiger charge is -2.09. The Morgan fingerprint density at radius 2 is 2.05 bits per heavy atom. The van der Waals surface area contributed by atoms with Gasteiger partial charge in [-0.15, -0.1) is 0 Å². The minimum absolute atomic E-state index is 0.421. The molecule has 0 spiro atoms. The van der Waals surface area contributed by atoms with Gasteiger partial charge in [0.05, 0.1) is 6.61 Å². The molecule has 2 aromatic rings. The average molecular weight is 276 g/mol. The molecular weight excluding hydrogens is 260 g/mol. The van der Waals surface area contributed by atoms with Crippen LogP contribution in [-0.4, -0.2) is 21.6 Å². The molecule has 2 heterocycles. The van der Waals surface area contributed by atoms with Crippen molar-refractivity contribution in [2.75, 3.05) is 12.3 Å². The molecule has 0 aliphatic carbocycles. The molecule has 0 saturated heterocycles. The Balaban J connectivity index is 2.30. The van der Waals surface area contributed by atoms with Gasteiger partial charge in [-0.2, -0.15) is 4.98 Å². The molecule has 6 heteroatoms. The van der Waals surface area contributed by atoms with Gasteiger partial charge in [-0.1, -0.05) is 0 Å². The molecular formula is C13H16N4OS. The zero-order valence-electron chi connectivity index (χ0n) is 11.2. The minimum Gasteiger partial charge on any atom is -0.476 e. The summed E-state index contributed by atoms with van der Waals surface area (Å²) in [5.74, 6) is 0.421. The smallest absolute Gasteiger partial charge is 0.241 e. The van der Waals surface area contributed by atoms with Crippen LogP contribution in [0.4, 0.5) is 5.69 Å². The van der Waals surface area contributed by atoms with E-state index < -0.39 is 0 Å². The van der Waals surface area contributed by atoms with Crippen molar-refractivity contribution in [2.45, 2.75) is 30.8 Å². The number of nitrogens with zero attached hydrogens (tertiary/aromatic N) is 3. The number of ether oxygens (including phenoxy) is 1. The summed E-state index contributed by atoms with van der Waals surface area (Å²) in [7, 11) is 0. The van der Waals surface area contributed by atoms with Crippen LogP contribution in [-0.2, 0) is 0 Å². The molecule has 0 unspecified atom stereocenters. The largest absolute Gasteiger partial charge is 0.476 e. The van der Waals surface area contributed by atoms with Gasteiger partial charge in [0, 0.05) is 5.69 Å². The summed E-state index contributed by atoms with van der Waals surface area (Å²) in [5.41, 5.74) is 8.58. The van der Waals surface area contributed by atoms with Crippen molar-refractivity contribution in [1.29, 1.82) is 0 Å². The maximum Gasteiger partial charge on any atom is 0.241 e. The number of aromatic nitrogens is 3. The summed E-state index contributed by atoms with van der Waals surface area (Å²) in [6.07, 6.45) is 1.45. The van der Waals surface area contributed by atoms with Gasteiger partial charge in [-0.3, -0.25) is 0 Å².